The fourth-order valence-corrected chi connectivity index (χ4v) is 4.98. The molecule has 0 saturated heterocycles. The molecule has 152 valence electrons. The Bertz CT molecular complexity index is 1090. The molecule has 2 N–H and O–H groups in total. The molecule has 9 heteroatoms. The van der Waals surface area contributed by atoms with E-state index in [0.29, 0.717) is 12.1 Å². The van der Waals surface area contributed by atoms with Crippen LogP contribution >= 0.6 is 23.1 Å². The van der Waals surface area contributed by atoms with Gasteiger partial charge in [0.1, 0.15) is 0 Å². The van der Waals surface area contributed by atoms with Crippen LogP contribution in [0.1, 0.15) is 17.7 Å². The molecular weight excluding hydrogens is 426 g/mol. The number of nitrogens with zero attached hydrogens (tertiary/aromatic N) is 1. The van der Waals surface area contributed by atoms with Crippen LogP contribution in [0.4, 0.5) is 10.8 Å². The Morgan fingerprint density at radius 1 is 1.17 bits per heavy atom. The van der Waals surface area contributed by atoms with E-state index in [0.717, 1.165) is 16.1 Å². The number of rotatable bonds is 8. The van der Waals surface area contributed by atoms with Gasteiger partial charge in [0, 0.05) is 22.4 Å². The highest BCUT2D eigenvalue weighted by Crippen LogP contribution is 2.22. The molecule has 0 spiro atoms. The van der Waals surface area contributed by atoms with Crippen LogP contribution in [0.5, 0.6) is 0 Å². The van der Waals surface area contributed by atoms with Gasteiger partial charge in [-0.15, -0.1) is 23.1 Å². The molecule has 29 heavy (non-hydrogen) atoms. The molecule has 0 aliphatic carbocycles. The summed E-state index contributed by atoms with van der Waals surface area (Å²) in [7, 11) is -3.68. The van der Waals surface area contributed by atoms with Gasteiger partial charge in [0.25, 0.3) is 10.0 Å². The van der Waals surface area contributed by atoms with E-state index in [1.54, 1.807) is 41.4 Å². The van der Waals surface area contributed by atoms with Gasteiger partial charge in [0.15, 0.2) is 5.13 Å². The second-order valence-corrected chi connectivity index (χ2v) is 9.76. The molecule has 0 radical (unpaired) electrons. The standard InChI is InChI=1S/C20H21N3O3S3/c1-14-6-9-18(10-7-14)29(25,26)23-20-22-16(13-28-20)8-11-19(24)21-15-4-3-5-17(12-15)27-2/h3-7,9-10,12-13H,8,11H2,1-2H3,(H,21,24)(H,22,23). The quantitative estimate of drug-likeness (QED) is 0.495. The van der Waals surface area contributed by atoms with E-state index in [-0.39, 0.29) is 22.4 Å². The third kappa shape index (κ3) is 6.06. The fourth-order valence-electron chi connectivity index (χ4n) is 2.53. The van der Waals surface area contributed by atoms with Gasteiger partial charge in [0.05, 0.1) is 10.6 Å². The van der Waals surface area contributed by atoms with Crippen molar-refractivity contribution in [3.05, 3.63) is 65.2 Å². The van der Waals surface area contributed by atoms with Crippen molar-refractivity contribution in [1.82, 2.24) is 4.98 Å². The summed E-state index contributed by atoms with van der Waals surface area (Å²) in [6.45, 7) is 1.90. The molecule has 0 saturated carbocycles. The molecular formula is C20H21N3O3S3. The molecule has 3 aromatic rings. The molecule has 2 aromatic carbocycles. The molecule has 1 aromatic heterocycles. The predicted octanol–water partition coefficient (Wildman–Crippen LogP) is 4.55. The van der Waals surface area contributed by atoms with E-state index in [4.69, 9.17) is 0 Å². The van der Waals surface area contributed by atoms with Crippen molar-refractivity contribution in [3.63, 3.8) is 0 Å². The Balaban J connectivity index is 1.56. The second-order valence-electron chi connectivity index (χ2n) is 6.34. The SMILES string of the molecule is CSc1cccc(NC(=O)CCc2csc(NS(=O)(=O)c3ccc(C)cc3)n2)c1. The van der Waals surface area contributed by atoms with Crippen LogP contribution in [0.25, 0.3) is 0 Å². The van der Waals surface area contributed by atoms with Gasteiger partial charge in [-0.05, 0) is 49.9 Å². The van der Waals surface area contributed by atoms with E-state index in [1.165, 1.54) is 11.3 Å². The zero-order valence-electron chi connectivity index (χ0n) is 16.0. The summed E-state index contributed by atoms with van der Waals surface area (Å²) in [4.78, 5) is 17.7. The van der Waals surface area contributed by atoms with Crippen LogP contribution in [0.2, 0.25) is 0 Å². The number of benzene rings is 2. The number of amides is 1. The zero-order valence-corrected chi connectivity index (χ0v) is 18.5. The highest BCUT2D eigenvalue weighted by molar-refractivity contribution is 7.98. The molecule has 0 fully saturated rings. The molecule has 3 rings (SSSR count). The number of nitrogens with one attached hydrogen (secondary N) is 2. The molecule has 0 aliphatic rings. The smallest absolute Gasteiger partial charge is 0.263 e. The maximum atomic E-state index is 12.4. The van der Waals surface area contributed by atoms with Gasteiger partial charge in [-0.1, -0.05) is 23.8 Å². The first-order valence-electron chi connectivity index (χ1n) is 8.83. The van der Waals surface area contributed by atoms with Crippen molar-refractivity contribution in [2.45, 2.75) is 29.6 Å². The molecule has 0 atom stereocenters. The van der Waals surface area contributed by atoms with Gasteiger partial charge in [0.2, 0.25) is 5.91 Å². The first-order chi connectivity index (χ1) is 13.9. The minimum atomic E-state index is -3.68. The number of thiazole rings is 1. The van der Waals surface area contributed by atoms with E-state index >= 15 is 0 Å². The van der Waals surface area contributed by atoms with Gasteiger partial charge >= 0.3 is 0 Å². The van der Waals surface area contributed by atoms with Crippen molar-refractivity contribution in [1.29, 1.82) is 0 Å². The number of aromatic nitrogens is 1. The summed E-state index contributed by atoms with van der Waals surface area (Å²) >= 11 is 2.81. The van der Waals surface area contributed by atoms with Crippen LogP contribution in [0, 0.1) is 6.92 Å². The van der Waals surface area contributed by atoms with Crippen LogP contribution in [-0.2, 0) is 21.2 Å². The summed E-state index contributed by atoms with van der Waals surface area (Å²) in [6, 6.07) is 14.3. The average molecular weight is 448 g/mol. The predicted molar refractivity (Wildman–Crippen MR) is 119 cm³/mol. The average Bonchev–Trinajstić information content (AvgIpc) is 3.13. The van der Waals surface area contributed by atoms with Gasteiger partial charge in [-0.2, -0.15) is 0 Å². The second kappa shape index (κ2) is 9.43. The number of aryl methyl sites for hydroxylation is 2. The normalized spacial score (nSPS) is 11.2. The summed E-state index contributed by atoms with van der Waals surface area (Å²) < 4.78 is 27.4. The van der Waals surface area contributed by atoms with Crippen LogP contribution in [-0.4, -0.2) is 25.6 Å². The summed E-state index contributed by atoms with van der Waals surface area (Å²) in [5.41, 5.74) is 2.41. The number of carbonyl (C=O) groups excluding carboxylic acids is 1. The lowest BCUT2D eigenvalue weighted by Gasteiger charge is -2.06. The summed E-state index contributed by atoms with van der Waals surface area (Å²) in [6.07, 6.45) is 2.67. The lowest BCUT2D eigenvalue weighted by Crippen LogP contribution is -2.13. The summed E-state index contributed by atoms with van der Waals surface area (Å²) in [5, 5.41) is 4.91. The van der Waals surface area contributed by atoms with Gasteiger partial charge in [-0.25, -0.2) is 13.4 Å². The minimum Gasteiger partial charge on any atom is -0.326 e. The Kier molecular flexibility index (Phi) is 6.94. The maximum Gasteiger partial charge on any atom is 0.263 e. The third-order valence-corrected chi connectivity index (χ3v) is 7.08. The first kappa shape index (κ1) is 21.4. The van der Waals surface area contributed by atoms with Crippen LogP contribution in [0.15, 0.2) is 63.7 Å². The molecule has 1 amide bonds. The Morgan fingerprint density at radius 3 is 2.66 bits per heavy atom. The van der Waals surface area contributed by atoms with E-state index in [9.17, 15) is 13.2 Å². The molecule has 6 nitrogen and oxygen atoms in total. The number of hydrogen-bond acceptors (Lipinski definition) is 6. The van der Waals surface area contributed by atoms with Crippen LogP contribution in [0.3, 0.4) is 0 Å². The van der Waals surface area contributed by atoms with Crippen molar-refractivity contribution >= 4 is 49.8 Å². The Hall–Kier alpha value is -2.36. The lowest BCUT2D eigenvalue weighted by molar-refractivity contribution is -0.116. The minimum absolute atomic E-state index is 0.113. The summed E-state index contributed by atoms with van der Waals surface area (Å²) in [5.74, 6) is -0.113. The topological polar surface area (TPSA) is 88.2 Å². The van der Waals surface area contributed by atoms with E-state index < -0.39 is 10.0 Å². The van der Waals surface area contributed by atoms with Crippen LogP contribution < -0.4 is 10.0 Å². The largest absolute Gasteiger partial charge is 0.326 e. The maximum absolute atomic E-state index is 12.4. The highest BCUT2D eigenvalue weighted by atomic mass is 32.2. The number of carbonyl (C=O) groups is 1. The van der Waals surface area contributed by atoms with Crippen molar-refractivity contribution in [2.75, 3.05) is 16.3 Å². The fraction of sp³-hybridized carbons (Fsp3) is 0.200. The number of anilines is 2. The molecule has 1 heterocycles. The molecule has 0 bridgehead atoms. The Morgan fingerprint density at radius 2 is 1.93 bits per heavy atom. The van der Waals surface area contributed by atoms with E-state index in [2.05, 4.69) is 15.0 Å². The highest BCUT2D eigenvalue weighted by Gasteiger charge is 2.16. The third-order valence-electron chi connectivity index (χ3n) is 4.07. The van der Waals surface area contributed by atoms with Gasteiger partial charge in [-0.3, -0.25) is 9.52 Å². The molecule has 0 unspecified atom stereocenters. The van der Waals surface area contributed by atoms with E-state index in [1.807, 2.05) is 37.4 Å². The van der Waals surface area contributed by atoms with Crippen molar-refractivity contribution in [2.24, 2.45) is 0 Å². The van der Waals surface area contributed by atoms with Gasteiger partial charge < -0.3 is 5.32 Å². The Labute approximate surface area is 178 Å². The number of hydrogen-bond donors (Lipinski definition) is 2. The monoisotopic (exact) mass is 447 g/mol. The van der Waals surface area contributed by atoms with Crippen molar-refractivity contribution < 1.29 is 13.2 Å². The van der Waals surface area contributed by atoms with Crippen molar-refractivity contribution in [3.8, 4) is 0 Å². The molecule has 0 aliphatic heterocycles. The zero-order chi connectivity index (χ0) is 20.9. The first-order valence-corrected chi connectivity index (χ1v) is 12.4. The number of sulfonamides is 1. The number of thioether (sulfide) groups is 1. The lowest BCUT2D eigenvalue weighted by atomic mass is 10.2.